The third-order valence-corrected chi connectivity index (χ3v) is 6.59. The van der Waals surface area contributed by atoms with Crippen molar-refractivity contribution in [3.8, 4) is 0 Å². The lowest BCUT2D eigenvalue weighted by Gasteiger charge is -2.44. The van der Waals surface area contributed by atoms with Gasteiger partial charge in [0.15, 0.2) is 0 Å². The van der Waals surface area contributed by atoms with Gasteiger partial charge in [-0.3, -0.25) is 4.79 Å². The van der Waals surface area contributed by atoms with Crippen LogP contribution >= 0.6 is 0 Å². The summed E-state index contributed by atoms with van der Waals surface area (Å²) in [6, 6.07) is 0.927. The number of hydrogen-bond acceptors (Lipinski definition) is 2. The average molecular weight is 278 g/mol. The van der Waals surface area contributed by atoms with Crippen molar-refractivity contribution in [1.82, 2.24) is 10.6 Å². The molecule has 0 aromatic carbocycles. The second-order valence-electron chi connectivity index (χ2n) is 8.44. The molecule has 2 bridgehead atoms. The van der Waals surface area contributed by atoms with Crippen molar-refractivity contribution >= 4 is 5.91 Å². The first-order valence-electron chi connectivity index (χ1n) is 8.37. The molecule has 3 aliphatic rings. The van der Waals surface area contributed by atoms with E-state index in [1.54, 1.807) is 0 Å². The van der Waals surface area contributed by atoms with Gasteiger partial charge in [0.1, 0.15) is 0 Å². The van der Waals surface area contributed by atoms with Crippen LogP contribution in [0.3, 0.4) is 0 Å². The number of piperidine rings is 1. The maximum absolute atomic E-state index is 12.6. The molecule has 5 atom stereocenters. The van der Waals surface area contributed by atoms with Gasteiger partial charge in [-0.1, -0.05) is 20.8 Å². The molecule has 3 heteroatoms. The van der Waals surface area contributed by atoms with Gasteiger partial charge < -0.3 is 10.6 Å². The van der Waals surface area contributed by atoms with Gasteiger partial charge in [0.2, 0.25) is 5.91 Å². The number of carbonyl (C=O) groups excluding carboxylic acids is 1. The Morgan fingerprint density at radius 1 is 1.20 bits per heavy atom. The van der Waals surface area contributed by atoms with Crippen LogP contribution in [0.1, 0.15) is 59.8 Å². The second-order valence-corrected chi connectivity index (χ2v) is 8.44. The first-order chi connectivity index (χ1) is 9.33. The summed E-state index contributed by atoms with van der Waals surface area (Å²) in [5.41, 5.74) is 0.595. The molecule has 0 radical (unpaired) electrons. The molecule has 1 amide bonds. The highest BCUT2D eigenvalue weighted by Crippen LogP contribution is 2.62. The molecule has 3 rings (SSSR count). The summed E-state index contributed by atoms with van der Waals surface area (Å²) in [6.07, 6.45) is 6.08. The molecule has 0 aromatic heterocycles. The Hall–Kier alpha value is -0.570. The van der Waals surface area contributed by atoms with Crippen molar-refractivity contribution in [3.05, 3.63) is 0 Å². The van der Waals surface area contributed by atoms with Crippen molar-refractivity contribution in [3.63, 3.8) is 0 Å². The molecule has 3 fully saturated rings. The smallest absolute Gasteiger partial charge is 0.224 e. The van der Waals surface area contributed by atoms with Crippen molar-refractivity contribution in [1.29, 1.82) is 0 Å². The number of amides is 1. The van der Waals surface area contributed by atoms with Gasteiger partial charge in [-0.05, 0) is 55.8 Å². The molecule has 20 heavy (non-hydrogen) atoms. The molecule has 1 aliphatic heterocycles. The van der Waals surface area contributed by atoms with Crippen LogP contribution in [0, 0.1) is 22.7 Å². The standard InChI is InChI=1S/C17H30N2O/c1-11-5-6-12(10-18-11)14(20)19-15-16(2,3)13-7-8-17(15,4)9-13/h11-13,15,18H,5-10H2,1-4H3,(H,19,20). The molecule has 0 spiro atoms. The van der Waals surface area contributed by atoms with E-state index < -0.39 is 0 Å². The lowest BCUT2D eigenvalue weighted by Crippen LogP contribution is -2.55. The summed E-state index contributed by atoms with van der Waals surface area (Å²) in [7, 11) is 0. The number of nitrogens with one attached hydrogen (secondary N) is 2. The number of carbonyl (C=O) groups is 1. The minimum atomic E-state index is 0.171. The number of rotatable bonds is 2. The maximum atomic E-state index is 12.6. The fraction of sp³-hybridized carbons (Fsp3) is 0.941. The summed E-state index contributed by atoms with van der Waals surface area (Å²) >= 11 is 0. The quantitative estimate of drug-likeness (QED) is 0.815. The average Bonchev–Trinajstić information content (AvgIpc) is 2.86. The Morgan fingerprint density at radius 2 is 1.95 bits per heavy atom. The first kappa shape index (κ1) is 14.4. The Balaban J connectivity index is 1.67. The Bertz CT molecular complexity index is 393. The Labute approximate surface area is 123 Å². The van der Waals surface area contributed by atoms with Gasteiger partial charge >= 0.3 is 0 Å². The van der Waals surface area contributed by atoms with Crippen molar-refractivity contribution < 1.29 is 4.79 Å². The second kappa shape index (κ2) is 4.72. The molecule has 3 nitrogen and oxygen atoms in total. The van der Waals surface area contributed by atoms with Crippen LogP contribution in [-0.4, -0.2) is 24.5 Å². The zero-order chi connectivity index (χ0) is 14.5. The van der Waals surface area contributed by atoms with Crippen LogP contribution in [0.5, 0.6) is 0 Å². The zero-order valence-corrected chi connectivity index (χ0v) is 13.5. The van der Waals surface area contributed by atoms with Gasteiger partial charge in [-0.15, -0.1) is 0 Å². The monoisotopic (exact) mass is 278 g/mol. The molecule has 2 saturated carbocycles. The van der Waals surface area contributed by atoms with E-state index >= 15 is 0 Å². The van der Waals surface area contributed by atoms with E-state index in [4.69, 9.17) is 0 Å². The van der Waals surface area contributed by atoms with Crippen LogP contribution in [0.4, 0.5) is 0 Å². The molecular formula is C17H30N2O. The summed E-state index contributed by atoms with van der Waals surface area (Å²) in [5.74, 6) is 1.25. The third-order valence-electron chi connectivity index (χ3n) is 6.59. The van der Waals surface area contributed by atoms with Crippen molar-refractivity contribution in [2.45, 2.75) is 71.9 Å². The summed E-state index contributed by atoms with van der Waals surface area (Å²) in [5, 5.41) is 6.89. The summed E-state index contributed by atoms with van der Waals surface area (Å²) < 4.78 is 0. The molecule has 0 aromatic rings. The third kappa shape index (κ3) is 2.18. The van der Waals surface area contributed by atoms with Gasteiger partial charge in [-0.25, -0.2) is 0 Å². The topological polar surface area (TPSA) is 41.1 Å². The molecule has 1 heterocycles. The van der Waals surface area contributed by atoms with Crippen LogP contribution in [0.25, 0.3) is 0 Å². The van der Waals surface area contributed by atoms with E-state index in [1.165, 1.54) is 19.3 Å². The van der Waals surface area contributed by atoms with Crippen LogP contribution in [0.15, 0.2) is 0 Å². The Kier molecular flexibility index (Phi) is 3.39. The van der Waals surface area contributed by atoms with Crippen LogP contribution in [-0.2, 0) is 4.79 Å². The van der Waals surface area contributed by atoms with E-state index in [2.05, 4.69) is 38.3 Å². The van der Waals surface area contributed by atoms with Crippen molar-refractivity contribution in [2.75, 3.05) is 6.54 Å². The lowest BCUT2D eigenvalue weighted by atomic mass is 9.68. The van der Waals surface area contributed by atoms with E-state index in [1.807, 2.05) is 0 Å². The van der Waals surface area contributed by atoms with E-state index in [9.17, 15) is 4.79 Å². The van der Waals surface area contributed by atoms with Gasteiger partial charge in [0.25, 0.3) is 0 Å². The molecule has 114 valence electrons. The molecule has 1 saturated heterocycles. The summed E-state index contributed by atoms with van der Waals surface area (Å²) in [6.45, 7) is 10.1. The minimum Gasteiger partial charge on any atom is -0.352 e. The largest absolute Gasteiger partial charge is 0.352 e. The highest BCUT2D eigenvalue weighted by molar-refractivity contribution is 5.79. The van der Waals surface area contributed by atoms with Crippen molar-refractivity contribution in [2.24, 2.45) is 22.7 Å². The normalized spacial score (nSPS) is 46.4. The highest BCUT2D eigenvalue weighted by atomic mass is 16.2. The maximum Gasteiger partial charge on any atom is 0.224 e. The van der Waals surface area contributed by atoms with Gasteiger partial charge in [0, 0.05) is 18.6 Å². The lowest BCUT2D eigenvalue weighted by molar-refractivity contribution is -0.128. The number of fused-ring (bicyclic) bond motifs is 2. The molecular weight excluding hydrogens is 248 g/mol. The number of hydrogen-bond donors (Lipinski definition) is 2. The fourth-order valence-electron chi connectivity index (χ4n) is 5.14. The minimum absolute atomic E-state index is 0.171. The van der Waals surface area contributed by atoms with Crippen LogP contribution in [0.2, 0.25) is 0 Å². The predicted molar refractivity (Wildman–Crippen MR) is 81.3 cm³/mol. The van der Waals surface area contributed by atoms with Crippen LogP contribution < -0.4 is 10.6 Å². The molecule has 2 N–H and O–H groups in total. The van der Waals surface area contributed by atoms with E-state index in [0.29, 0.717) is 17.5 Å². The highest BCUT2D eigenvalue weighted by Gasteiger charge is 2.59. The van der Waals surface area contributed by atoms with E-state index in [0.717, 1.165) is 25.3 Å². The molecule has 2 aliphatic carbocycles. The SMILES string of the molecule is CC1CCC(C(=O)NC2C3(C)CCC(C3)C2(C)C)CN1. The van der Waals surface area contributed by atoms with Gasteiger partial charge in [0.05, 0.1) is 5.92 Å². The predicted octanol–water partition coefficient (Wildman–Crippen LogP) is 2.71. The first-order valence-corrected chi connectivity index (χ1v) is 8.37. The fourth-order valence-corrected chi connectivity index (χ4v) is 5.14. The summed E-state index contributed by atoms with van der Waals surface area (Å²) in [4.78, 5) is 12.6. The van der Waals surface area contributed by atoms with Gasteiger partial charge in [-0.2, -0.15) is 0 Å². The molecule has 5 unspecified atom stereocenters. The Morgan fingerprint density at radius 3 is 2.50 bits per heavy atom. The zero-order valence-electron chi connectivity index (χ0n) is 13.5. The van der Waals surface area contributed by atoms with E-state index in [-0.39, 0.29) is 17.2 Å².